The van der Waals surface area contributed by atoms with Gasteiger partial charge in [-0.3, -0.25) is 19.5 Å². The average molecular weight is 294 g/mol. The fourth-order valence-electron chi connectivity index (χ4n) is 2.28. The van der Waals surface area contributed by atoms with Gasteiger partial charge in [0.25, 0.3) is 5.91 Å². The summed E-state index contributed by atoms with van der Waals surface area (Å²) in [5, 5.41) is 2.74. The molecule has 2 rings (SSSR count). The van der Waals surface area contributed by atoms with Crippen LogP contribution >= 0.6 is 0 Å². The number of nitrogens with one attached hydrogen (secondary N) is 1. The van der Waals surface area contributed by atoms with E-state index in [1.54, 1.807) is 4.90 Å². The van der Waals surface area contributed by atoms with Crippen molar-refractivity contribution in [2.45, 2.75) is 6.92 Å². The third kappa shape index (κ3) is 3.98. The first-order valence-corrected chi connectivity index (χ1v) is 6.99. The lowest BCUT2D eigenvalue weighted by Crippen LogP contribution is -2.51. The summed E-state index contributed by atoms with van der Waals surface area (Å²) in [5.41, 5.74) is 0.0437. The van der Waals surface area contributed by atoms with Crippen molar-refractivity contribution in [3.05, 3.63) is 29.8 Å². The number of pyridine rings is 1. The zero-order chi connectivity index (χ0) is 15.2. The van der Waals surface area contributed by atoms with Crippen molar-refractivity contribution in [1.29, 1.82) is 0 Å². The van der Waals surface area contributed by atoms with E-state index in [2.05, 4.69) is 10.3 Å². The molecular weight excluding hydrogens is 275 g/mol. The van der Waals surface area contributed by atoms with Gasteiger partial charge in [0.05, 0.1) is 18.3 Å². The largest absolute Gasteiger partial charge is 0.355 e. The standard InChI is InChI=1S/C14H19FN4O2/c1-2-17-13(20)10-18-5-7-19(8-6-18)14(21)11-3-4-16-9-12(11)15/h3-4,9H,2,5-8,10H2,1H3,(H,17,20). The smallest absolute Gasteiger partial charge is 0.257 e. The van der Waals surface area contributed by atoms with Gasteiger partial charge in [0.15, 0.2) is 5.82 Å². The molecule has 2 amide bonds. The molecule has 0 aromatic carbocycles. The van der Waals surface area contributed by atoms with Crippen molar-refractivity contribution in [1.82, 2.24) is 20.1 Å². The Bertz CT molecular complexity index is 515. The molecule has 1 aliphatic heterocycles. The van der Waals surface area contributed by atoms with Crippen LogP contribution in [0, 0.1) is 5.82 Å². The predicted molar refractivity (Wildman–Crippen MR) is 75.2 cm³/mol. The van der Waals surface area contributed by atoms with Crippen LogP contribution in [0.15, 0.2) is 18.5 Å². The number of hydrogen-bond acceptors (Lipinski definition) is 4. The van der Waals surface area contributed by atoms with Gasteiger partial charge in [0.2, 0.25) is 5.91 Å². The molecule has 7 heteroatoms. The summed E-state index contributed by atoms with van der Waals surface area (Å²) in [6, 6.07) is 1.39. The van der Waals surface area contributed by atoms with E-state index in [-0.39, 0.29) is 17.4 Å². The Morgan fingerprint density at radius 2 is 2.05 bits per heavy atom. The number of likely N-dealkylation sites (N-methyl/N-ethyl adjacent to an activating group) is 1. The molecule has 2 heterocycles. The monoisotopic (exact) mass is 294 g/mol. The Kier molecular flexibility index (Phi) is 5.21. The zero-order valence-corrected chi connectivity index (χ0v) is 12.0. The van der Waals surface area contributed by atoms with E-state index in [9.17, 15) is 14.0 Å². The molecule has 0 bridgehead atoms. The summed E-state index contributed by atoms with van der Waals surface area (Å²) in [4.78, 5) is 30.9. The van der Waals surface area contributed by atoms with Crippen LogP contribution in [-0.4, -0.2) is 65.9 Å². The van der Waals surface area contributed by atoms with E-state index in [1.165, 1.54) is 12.3 Å². The summed E-state index contributed by atoms with van der Waals surface area (Å²) in [7, 11) is 0. The molecule has 6 nitrogen and oxygen atoms in total. The highest BCUT2D eigenvalue weighted by molar-refractivity contribution is 5.94. The van der Waals surface area contributed by atoms with Crippen molar-refractivity contribution >= 4 is 11.8 Å². The average Bonchev–Trinajstić information content (AvgIpc) is 2.48. The Hall–Kier alpha value is -2.02. The molecule has 0 spiro atoms. The molecule has 0 aliphatic carbocycles. The fraction of sp³-hybridized carbons (Fsp3) is 0.500. The SMILES string of the molecule is CCNC(=O)CN1CCN(C(=O)c2ccncc2F)CC1. The second kappa shape index (κ2) is 7.12. The van der Waals surface area contributed by atoms with Gasteiger partial charge in [-0.25, -0.2) is 4.39 Å². The van der Waals surface area contributed by atoms with Crippen LogP contribution in [0.2, 0.25) is 0 Å². The lowest BCUT2D eigenvalue weighted by Gasteiger charge is -2.34. The topological polar surface area (TPSA) is 65.5 Å². The summed E-state index contributed by atoms with van der Waals surface area (Å²) in [6.07, 6.45) is 2.44. The predicted octanol–water partition coefficient (Wildman–Crippen LogP) is 0.115. The summed E-state index contributed by atoms with van der Waals surface area (Å²) in [6.45, 7) is 5.00. The van der Waals surface area contributed by atoms with E-state index in [1.807, 2.05) is 11.8 Å². The van der Waals surface area contributed by atoms with Crippen LogP contribution in [0.3, 0.4) is 0 Å². The molecule has 1 aromatic heterocycles. The summed E-state index contributed by atoms with van der Waals surface area (Å²) >= 11 is 0. The Labute approximate surface area is 122 Å². The first-order chi connectivity index (χ1) is 10.1. The summed E-state index contributed by atoms with van der Waals surface area (Å²) in [5.74, 6) is -0.947. The van der Waals surface area contributed by atoms with Gasteiger partial charge in [-0.2, -0.15) is 0 Å². The number of aromatic nitrogens is 1. The Morgan fingerprint density at radius 1 is 1.33 bits per heavy atom. The highest BCUT2D eigenvalue weighted by atomic mass is 19.1. The number of halogens is 1. The van der Waals surface area contributed by atoms with Gasteiger partial charge in [-0.1, -0.05) is 0 Å². The van der Waals surface area contributed by atoms with E-state index in [0.29, 0.717) is 39.3 Å². The van der Waals surface area contributed by atoms with Crippen LogP contribution < -0.4 is 5.32 Å². The normalized spacial score (nSPS) is 15.8. The molecule has 1 aromatic rings. The number of carbonyl (C=O) groups excluding carboxylic acids is 2. The minimum atomic E-state index is -0.604. The van der Waals surface area contributed by atoms with E-state index in [0.717, 1.165) is 6.20 Å². The first-order valence-electron chi connectivity index (χ1n) is 6.99. The van der Waals surface area contributed by atoms with E-state index < -0.39 is 5.82 Å². The highest BCUT2D eigenvalue weighted by Crippen LogP contribution is 2.11. The molecule has 0 radical (unpaired) electrons. The molecule has 0 unspecified atom stereocenters. The quantitative estimate of drug-likeness (QED) is 0.856. The van der Waals surface area contributed by atoms with Gasteiger partial charge in [-0.05, 0) is 13.0 Å². The first kappa shape index (κ1) is 15.4. The summed E-state index contributed by atoms with van der Waals surface area (Å²) < 4.78 is 13.6. The lowest BCUT2D eigenvalue weighted by molar-refractivity contribution is -0.122. The van der Waals surface area contributed by atoms with Crippen LogP contribution in [-0.2, 0) is 4.79 Å². The van der Waals surface area contributed by atoms with Crippen molar-refractivity contribution in [2.75, 3.05) is 39.3 Å². The van der Waals surface area contributed by atoms with Crippen molar-refractivity contribution in [3.8, 4) is 0 Å². The highest BCUT2D eigenvalue weighted by Gasteiger charge is 2.24. The van der Waals surface area contributed by atoms with Gasteiger partial charge in [0, 0.05) is 38.9 Å². The van der Waals surface area contributed by atoms with Crippen LogP contribution in [0.25, 0.3) is 0 Å². The second-order valence-electron chi connectivity index (χ2n) is 4.88. The van der Waals surface area contributed by atoms with E-state index >= 15 is 0 Å². The van der Waals surface area contributed by atoms with Gasteiger partial charge >= 0.3 is 0 Å². The second-order valence-corrected chi connectivity index (χ2v) is 4.88. The number of piperazine rings is 1. The van der Waals surface area contributed by atoms with Crippen molar-refractivity contribution in [3.63, 3.8) is 0 Å². The van der Waals surface area contributed by atoms with Gasteiger partial charge in [0.1, 0.15) is 0 Å². The van der Waals surface area contributed by atoms with Crippen LogP contribution in [0.1, 0.15) is 17.3 Å². The van der Waals surface area contributed by atoms with Crippen molar-refractivity contribution in [2.24, 2.45) is 0 Å². The van der Waals surface area contributed by atoms with Crippen LogP contribution in [0.4, 0.5) is 4.39 Å². The van der Waals surface area contributed by atoms with Crippen molar-refractivity contribution < 1.29 is 14.0 Å². The number of rotatable bonds is 4. The third-order valence-electron chi connectivity index (χ3n) is 3.40. The minimum Gasteiger partial charge on any atom is -0.355 e. The molecule has 114 valence electrons. The number of carbonyl (C=O) groups is 2. The minimum absolute atomic E-state index is 0.0162. The lowest BCUT2D eigenvalue weighted by atomic mass is 10.2. The maximum atomic E-state index is 13.6. The molecule has 21 heavy (non-hydrogen) atoms. The number of amides is 2. The molecule has 1 aliphatic rings. The van der Waals surface area contributed by atoms with Crippen LogP contribution in [0.5, 0.6) is 0 Å². The van der Waals surface area contributed by atoms with E-state index in [4.69, 9.17) is 0 Å². The molecule has 1 N–H and O–H groups in total. The molecule has 1 saturated heterocycles. The van der Waals surface area contributed by atoms with Gasteiger partial charge in [-0.15, -0.1) is 0 Å². The molecule has 0 atom stereocenters. The number of hydrogen-bond donors (Lipinski definition) is 1. The fourth-order valence-corrected chi connectivity index (χ4v) is 2.28. The zero-order valence-electron chi connectivity index (χ0n) is 12.0. The molecule has 1 fully saturated rings. The third-order valence-corrected chi connectivity index (χ3v) is 3.40. The maximum absolute atomic E-state index is 13.6. The Balaban J connectivity index is 1.88. The molecular formula is C14H19FN4O2. The Morgan fingerprint density at radius 3 is 2.67 bits per heavy atom. The number of nitrogens with zero attached hydrogens (tertiary/aromatic N) is 3. The molecule has 0 saturated carbocycles. The maximum Gasteiger partial charge on any atom is 0.257 e. The van der Waals surface area contributed by atoms with Gasteiger partial charge < -0.3 is 10.2 Å².